The minimum absolute atomic E-state index is 0.285. The Morgan fingerprint density at radius 2 is 1.84 bits per heavy atom. The highest BCUT2D eigenvalue weighted by molar-refractivity contribution is 9.10. The monoisotopic (exact) mass is 412 g/mol. The highest BCUT2D eigenvalue weighted by atomic mass is 79.9. The van der Waals surface area contributed by atoms with Gasteiger partial charge in [-0.05, 0) is 47.1 Å². The molecule has 0 fully saturated rings. The standard InChI is InChI=1S/C18H13BrF4N2/c1-10-8-16(11-4-2-6-14(19)17(11)25-10)24-9-12-13(18(21,22)23)5-3-7-15(12)20/h2-8H,9H2,1H3,(H,24,25). The number of fused-ring (bicyclic) bond motifs is 1. The zero-order valence-corrected chi connectivity index (χ0v) is 14.7. The van der Waals surface area contributed by atoms with Gasteiger partial charge in [0.05, 0.1) is 11.1 Å². The number of halogens is 5. The number of nitrogens with one attached hydrogen (secondary N) is 1. The highest BCUT2D eigenvalue weighted by Gasteiger charge is 2.34. The number of alkyl halides is 3. The SMILES string of the molecule is Cc1cc(NCc2c(F)cccc2C(F)(F)F)c2cccc(Br)c2n1. The van der Waals surface area contributed by atoms with Gasteiger partial charge in [0.15, 0.2) is 0 Å². The Bertz CT molecular complexity index is 938. The molecule has 0 aliphatic rings. The van der Waals surface area contributed by atoms with Crippen molar-refractivity contribution < 1.29 is 17.6 Å². The molecule has 0 unspecified atom stereocenters. The van der Waals surface area contributed by atoms with Gasteiger partial charge in [0.2, 0.25) is 0 Å². The molecule has 0 saturated carbocycles. The van der Waals surface area contributed by atoms with Crippen LogP contribution in [0, 0.1) is 12.7 Å². The Morgan fingerprint density at radius 3 is 2.56 bits per heavy atom. The van der Waals surface area contributed by atoms with E-state index in [0.717, 1.165) is 28.1 Å². The van der Waals surface area contributed by atoms with E-state index in [1.807, 2.05) is 6.07 Å². The predicted octanol–water partition coefficient (Wildman–Crippen LogP) is 6.08. The molecule has 0 atom stereocenters. The Hall–Kier alpha value is -2.15. The van der Waals surface area contributed by atoms with E-state index in [1.165, 1.54) is 0 Å². The Kier molecular flexibility index (Phi) is 4.69. The van der Waals surface area contributed by atoms with E-state index < -0.39 is 23.1 Å². The van der Waals surface area contributed by atoms with Gasteiger partial charge in [0, 0.05) is 33.3 Å². The molecule has 130 valence electrons. The second-order valence-corrected chi connectivity index (χ2v) is 6.42. The van der Waals surface area contributed by atoms with Crippen LogP contribution in [0.2, 0.25) is 0 Å². The van der Waals surface area contributed by atoms with Crippen LogP contribution >= 0.6 is 15.9 Å². The molecule has 0 radical (unpaired) electrons. The summed E-state index contributed by atoms with van der Waals surface area (Å²) in [6.45, 7) is 1.50. The molecular weight excluding hydrogens is 400 g/mol. The van der Waals surface area contributed by atoms with Crippen molar-refractivity contribution in [2.75, 3.05) is 5.32 Å². The van der Waals surface area contributed by atoms with Gasteiger partial charge in [-0.1, -0.05) is 18.2 Å². The third-order valence-corrected chi connectivity index (χ3v) is 4.44. The van der Waals surface area contributed by atoms with Gasteiger partial charge in [-0.3, -0.25) is 4.98 Å². The number of hydrogen-bond donors (Lipinski definition) is 1. The van der Waals surface area contributed by atoms with Crippen LogP contribution in [0.25, 0.3) is 10.9 Å². The van der Waals surface area contributed by atoms with Gasteiger partial charge in [-0.25, -0.2) is 4.39 Å². The number of aryl methyl sites for hydroxylation is 1. The van der Waals surface area contributed by atoms with Crippen molar-refractivity contribution in [2.45, 2.75) is 19.6 Å². The molecule has 3 aromatic rings. The highest BCUT2D eigenvalue weighted by Crippen LogP contribution is 2.34. The van der Waals surface area contributed by atoms with Crippen LogP contribution in [0.15, 0.2) is 46.9 Å². The van der Waals surface area contributed by atoms with Crippen LogP contribution in [0.1, 0.15) is 16.8 Å². The van der Waals surface area contributed by atoms with Crippen molar-refractivity contribution in [1.82, 2.24) is 4.98 Å². The van der Waals surface area contributed by atoms with Crippen molar-refractivity contribution in [3.63, 3.8) is 0 Å². The zero-order valence-electron chi connectivity index (χ0n) is 13.1. The summed E-state index contributed by atoms with van der Waals surface area (Å²) >= 11 is 3.41. The molecular formula is C18H13BrF4N2. The Morgan fingerprint density at radius 1 is 1.12 bits per heavy atom. The molecule has 0 aliphatic heterocycles. The van der Waals surface area contributed by atoms with Crippen molar-refractivity contribution in [2.24, 2.45) is 0 Å². The van der Waals surface area contributed by atoms with Crippen LogP contribution in [-0.4, -0.2) is 4.98 Å². The Balaban J connectivity index is 2.01. The number of hydrogen-bond acceptors (Lipinski definition) is 2. The van der Waals surface area contributed by atoms with Gasteiger partial charge in [0.25, 0.3) is 0 Å². The van der Waals surface area contributed by atoms with E-state index in [4.69, 9.17) is 0 Å². The smallest absolute Gasteiger partial charge is 0.380 e. The van der Waals surface area contributed by atoms with E-state index in [2.05, 4.69) is 26.2 Å². The van der Waals surface area contributed by atoms with E-state index >= 15 is 0 Å². The third kappa shape index (κ3) is 3.61. The summed E-state index contributed by atoms with van der Waals surface area (Å²) in [5.41, 5.74) is 0.602. The molecule has 0 saturated heterocycles. The summed E-state index contributed by atoms with van der Waals surface area (Å²) < 4.78 is 54.1. The Labute approximate surface area is 150 Å². The predicted molar refractivity (Wildman–Crippen MR) is 92.9 cm³/mol. The van der Waals surface area contributed by atoms with Gasteiger partial charge in [0.1, 0.15) is 5.82 Å². The number of rotatable bonds is 3. The van der Waals surface area contributed by atoms with E-state index in [0.29, 0.717) is 16.9 Å². The number of para-hydroxylation sites is 1. The molecule has 0 spiro atoms. The zero-order chi connectivity index (χ0) is 18.2. The van der Waals surface area contributed by atoms with Gasteiger partial charge in [-0.15, -0.1) is 0 Å². The first-order valence-corrected chi connectivity index (χ1v) is 8.21. The molecule has 3 rings (SSSR count). The van der Waals surface area contributed by atoms with Crippen LogP contribution in [0.3, 0.4) is 0 Å². The molecule has 0 aliphatic carbocycles. The first kappa shape index (κ1) is 17.7. The minimum Gasteiger partial charge on any atom is -0.380 e. The quantitative estimate of drug-likeness (QED) is 0.527. The maximum atomic E-state index is 14.0. The topological polar surface area (TPSA) is 24.9 Å². The fourth-order valence-corrected chi connectivity index (χ4v) is 3.13. The summed E-state index contributed by atoms with van der Waals surface area (Å²) in [4.78, 5) is 4.42. The summed E-state index contributed by atoms with van der Waals surface area (Å²) in [7, 11) is 0. The molecule has 1 N–H and O–H groups in total. The summed E-state index contributed by atoms with van der Waals surface area (Å²) in [5, 5.41) is 3.67. The number of aromatic nitrogens is 1. The molecule has 7 heteroatoms. The number of anilines is 1. The maximum absolute atomic E-state index is 14.0. The lowest BCUT2D eigenvalue weighted by Crippen LogP contribution is -2.14. The molecule has 1 aromatic heterocycles. The fraction of sp³-hybridized carbons (Fsp3) is 0.167. The lowest BCUT2D eigenvalue weighted by Gasteiger charge is -2.16. The van der Waals surface area contributed by atoms with E-state index in [9.17, 15) is 17.6 Å². The molecule has 0 amide bonds. The lowest BCUT2D eigenvalue weighted by atomic mass is 10.1. The lowest BCUT2D eigenvalue weighted by molar-refractivity contribution is -0.138. The van der Waals surface area contributed by atoms with E-state index in [1.54, 1.807) is 25.1 Å². The van der Waals surface area contributed by atoms with Crippen LogP contribution in [0.4, 0.5) is 23.2 Å². The molecule has 2 aromatic carbocycles. The largest absolute Gasteiger partial charge is 0.416 e. The maximum Gasteiger partial charge on any atom is 0.416 e. The number of nitrogens with zero attached hydrogens (tertiary/aromatic N) is 1. The average molecular weight is 413 g/mol. The van der Waals surface area contributed by atoms with Crippen molar-refractivity contribution >= 4 is 32.5 Å². The normalized spacial score (nSPS) is 11.8. The molecule has 1 heterocycles. The summed E-state index contributed by atoms with van der Waals surface area (Å²) in [6, 6.07) is 10.1. The average Bonchev–Trinajstić information content (AvgIpc) is 2.53. The second kappa shape index (κ2) is 6.63. The summed E-state index contributed by atoms with van der Waals surface area (Å²) in [6.07, 6.45) is -4.61. The first-order valence-electron chi connectivity index (χ1n) is 7.41. The first-order chi connectivity index (χ1) is 11.8. The fourth-order valence-electron chi connectivity index (χ4n) is 2.68. The minimum atomic E-state index is -4.61. The molecule has 0 bridgehead atoms. The van der Waals surface area contributed by atoms with Gasteiger partial charge in [-0.2, -0.15) is 13.2 Å². The number of benzene rings is 2. The number of pyridine rings is 1. The second-order valence-electron chi connectivity index (χ2n) is 5.56. The van der Waals surface area contributed by atoms with Crippen LogP contribution in [-0.2, 0) is 12.7 Å². The van der Waals surface area contributed by atoms with E-state index in [-0.39, 0.29) is 6.54 Å². The van der Waals surface area contributed by atoms with Gasteiger partial charge >= 0.3 is 6.18 Å². The summed E-state index contributed by atoms with van der Waals surface area (Å²) in [5.74, 6) is -0.890. The van der Waals surface area contributed by atoms with Crippen LogP contribution < -0.4 is 5.32 Å². The molecule has 2 nitrogen and oxygen atoms in total. The van der Waals surface area contributed by atoms with Crippen LogP contribution in [0.5, 0.6) is 0 Å². The van der Waals surface area contributed by atoms with Crippen molar-refractivity contribution in [1.29, 1.82) is 0 Å². The van der Waals surface area contributed by atoms with Crippen molar-refractivity contribution in [3.05, 3.63) is 69.6 Å². The third-order valence-electron chi connectivity index (χ3n) is 3.80. The van der Waals surface area contributed by atoms with Gasteiger partial charge < -0.3 is 5.32 Å². The molecule has 25 heavy (non-hydrogen) atoms. The van der Waals surface area contributed by atoms with Crippen molar-refractivity contribution in [3.8, 4) is 0 Å².